The average Bonchev–Trinajstić information content (AvgIpc) is 2.84. The Hall–Kier alpha value is -1.73. The molecule has 0 saturated carbocycles. The molecule has 2 aliphatic rings. The van der Waals surface area contributed by atoms with Crippen LogP contribution in [0.1, 0.15) is 55.3 Å². The molecule has 3 heterocycles. The van der Waals surface area contributed by atoms with Crippen molar-refractivity contribution in [3.63, 3.8) is 0 Å². The Balaban J connectivity index is 1.75. The van der Waals surface area contributed by atoms with Gasteiger partial charge in [-0.25, -0.2) is 4.98 Å². The second-order valence-electron chi connectivity index (χ2n) is 8.98. The molecule has 0 aromatic carbocycles. The molecular weight excluding hydrogens is 384 g/mol. The molecule has 4 rings (SSSR count). The zero-order valence-corrected chi connectivity index (χ0v) is 18.7. The van der Waals surface area contributed by atoms with Crippen molar-refractivity contribution < 1.29 is 4.79 Å². The predicted octanol–water partition coefficient (Wildman–Crippen LogP) is 3.05. The van der Waals surface area contributed by atoms with Gasteiger partial charge in [0, 0.05) is 18.0 Å². The van der Waals surface area contributed by atoms with Crippen molar-refractivity contribution in [2.24, 2.45) is 5.92 Å². The third-order valence-corrected chi connectivity index (χ3v) is 7.35. The van der Waals surface area contributed by atoms with Gasteiger partial charge < -0.3 is 9.80 Å². The highest BCUT2D eigenvalue weighted by Crippen LogP contribution is 2.35. The van der Waals surface area contributed by atoms with E-state index >= 15 is 0 Å². The SMILES string of the molecule is CC1CCc2c(sc3nc(CN(C)C)n(CC(=O)N4CCCCCC4)c(=O)c23)C1. The molecule has 1 unspecified atom stereocenters. The lowest BCUT2D eigenvalue weighted by atomic mass is 9.89. The highest BCUT2D eigenvalue weighted by molar-refractivity contribution is 7.18. The summed E-state index contributed by atoms with van der Waals surface area (Å²) in [4.78, 5) is 37.6. The maximum absolute atomic E-state index is 13.6. The molecule has 1 aliphatic heterocycles. The van der Waals surface area contributed by atoms with Crippen LogP contribution in [0.5, 0.6) is 0 Å². The van der Waals surface area contributed by atoms with Crippen LogP contribution in [0.3, 0.4) is 0 Å². The fraction of sp³-hybridized carbons (Fsp3) is 0.682. The molecule has 29 heavy (non-hydrogen) atoms. The van der Waals surface area contributed by atoms with Crippen molar-refractivity contribution in [1.29, 1.82) is 0 Å². The Morgan fingerprint density at radius 2 is 1.93 bits per heavy atom. The van der Waals surface area contributed by atoms with Gasteiger partial charge >= 0.3 is 0 Å². The lowest BCUT2D eigenvalue weighted by Crippen LogP contribution is -2.39. The van der Waals surface area contributed by atoms with Crippen LogP contribution >= 0.6 is 11.3 Å². The summed E-state index contributed by atoms with van der Waals surface area (Å²) in [5.74, 6) is 1.40. The number of rotatable bonds is 4. The molecule has 0 bridgehead atoms. The summed E-state index contributed by atoms with van der Waals surface area (Å²) >= 11 is 1.68. The molecular formula is C22H32N4O2S. The van der Waals surface area contributed by atoms with E-state index in [1.54, 1.807) is 15.9 Å². The first-order valence-electron chi connectivity index (χ1n) is 10.9. The van der Waals surface area contributed by atoms with Gasteiger partial charge in [-0.05, 0) is 57.7 Å². The topological polar surface area (TPSA) is 58.4 Å². The van der Waals surface area contributed by atoms with Gasteiger partial charge in [0.2, 0.25) is 5.91 Å². The quantitative estimate of drug-likeness (QED) is 0.769. The predicted molar refractivity (Wildman–Crippen MR) is 118 cm³/mol. The van der Waals surface area contributed by atoms with Crippen LogP contribution in [-0.4, -0.2) is 52.4 Å². The number of hydrogen-bond acceptors (Lipinski definition) is 5. The normalized spacial score (nSPS) is 20.1. The lowest BCUT2D eigenvalue weighted by molar-refractivity contribution is -0.131. The van der Waals surface area contributed by atoms with E-state index in [1.807, 2.05) is 23.9 Å². The first-order valence-corrected chi connectivity index (χ1v) is 11.7. The van der Waals surface area contributed by atoms with Crippen LogP contribution in [0.25, 0.3) is 10.2 Å². The lowest BCUT2D eigenvalue weighted by Gasteiger charge is -2.22. The van der Waals surface area contributed by atoms with E-state index in [0.717, 1.165) is 55.4 Å². The van der Waals surface area contributed by atoms with E-state index in [-0.39, 0.29) is 18.0 Å². The van der Waals surface area contributed by atoms with Gasteiger partial charge in [0.05, 0.1) is 11.9 Å². The third-order valence-electron chi connectivity index (χ3n) is 6.20. The molecule has 1 fully saturated rings. The summed E-state index contributed by atoms with van der Waals surface area (Å²) in [5.41, 5.74) is 1.16. The number of thiophene rings is 1. The number of amides is 1. The minimum Gasteiger partial charge on any atom is -0.341 e. The zero-order valence-electron chi connectivity index (χ0n) is 17.9. The van der Waals surface area contributed by atoms with E-state index in [2.05, 4.69) is 6.92 Å². The Bertz CT molecular complexity index is 954. The monoisotopic (exact) mass is 416 g/mol. The Kier molecular flexibility index (Phi) is 6.06. The maximum Gasteiger partial charge on any atom is 0.263 e. The maximum atomic E-state index is 13.6. The second-order valence-corrected chi connectivity index (χ2v) is 10.1. The Morgan fingerprint density at radius 1 is 1.21 bits per heavy atom. The van der Waals surface area contributed by atoms with E-state index < -0.39 is 0 Å². The minimum absolute atomic E-state index is 0.0259. The molecule has 1 atom stereocenters. The molecule has 7 heteroatoms. The Labute approximate surface area is 176 Å². The second kappa shape index (κ2) is 8.56. The van der Waals surface area contributed by atoms with Gasteiger partial charge in [-0.15, -0.1) is 11.3 Å². The molecule has 0 spiro atoms. The number of nitrogens with zero attached hydrogens (tertiary/aromatic N) is 4. The number of aryl methyl sites for hydroxylation is 1. The van der Waals surface area contributed by atoms with Crippen molar-refractivity contribution in [2.45, 2.75) is 65.0 Å². The van der Waals surface area contributed by atoms with Gasteiger partial charge in [-0.1, -0.05) is 19.8 Å². The number of fused-ring (bicyclic) bond motifs is 3. The number of aromatic nitrogens is 2. The van der Waals surface area contributed by atoms with Gasteiger partial charge in [-0.2, -0.15) is 0 Å². The number of likely N-dealkylation sites (tertiary alicyclic amines) is 1. The first-order chi connectivity index (χ1) is 13.9. The highest BCUT2D eigenvalue weighted by Gasteiger charge is 2.26. The first kappa shape index (κ1) is 20.5. The van der Waals surface area contributed by atoms with Crippen LogP contribution in [-0.2, 0) is 30.7 Å². The molecule has 6 nitrogen and oxygen atoms in total. The van der Waals surface area contributed by atoms with Gasteiger partial charge in [0.1, 0.15) is 17.2 Å². The summed E-state index contributed by atoms with van der Waals surface area (Å²) in [5, 5.41) is 0.767. The van der Waals surface area contributed by atoms with Crippen molar-refractivity contribution in [3.8, 4) is 0 Å². The van der Waals surface area contributed by atoms with Gasteiger partial charge in [0.25, 0.3) is 5.56 Å². The summed E-state index contributed by atoms with van der Waals surface area (Å²) in [6.07, 6.45) is 7.57. The average molecular weight is 417 g/mol. The zero-order chi connectivity index (χ0) is 20.5. The molecule has 2 aromatic rings. The van der Waals surface area contributed by atoms with Gasteiger partial charge in [-0.3, -0.25) is 14.2 Å². The minimum atomic E-state index is -0.0259. The van der Waals surface area contributed by atoms with Gasteiger partial charge in [0.15, 0.2) is 0 Å². The summed E-state index contributed by atoms with van der Waals surface area (Å²) in [6, 6.07) is 0. The largest absolute Gasteiger partial charge is 0.341 e. The van der Waals surface area contributed by atoms with Crippen LogP contribution in [0, 0.1) is 5.92 Å². The summed E-state index contributed by atoms with van der Waals surface area (Å²) in [7, 11) is 3.94. The van der Waals surface area contributed by atoms with Crippen molar-refractivity contribution >= 4 is 27.5 Å². The van der Waals surface area contributed by atoms with Crippen molar-refractivity contribution in [1.82, 2.24) is 19.4 Å². The molecule has 0 N–H and O–H groups in total. The fourth-order valence-corrected chi connectivity index (χ4v) is 5.98. The van der Waals surface area contributed by atoms with Crippen LogP contribution in [0.4, 0.5) is 0 Å². The molecule has 1 amide bonds. The number of hydrogen-bond donors (Lipinski definition) is 0. The standard InChI is InChI=1S/C22H32N4O2S/c1-15-8-9-16-17(12-15)29-21-20(16)22(28)26(18(23-21)13-24(2)3)14-19(27)25-10-6-4-5-7-11-25/h15H,4-14H2,1-3H3. The van der Waals surface area contributed by atoms with Crippen molar-refractivity contribution in [2.75, 3.05) is 27.2 Å². The highest BCUT2D eigenvalue weighted by atomic mass is 32.1. The van der Waals surface area contributed by atoms with Crippen molar-refractivity contribution in [3.05, 3.63) is 26.6 Å². The Morgan fingerprint density at radius 3 is 2.62 bits per heavy atom. The molecule has 2 aromatic heterocycles. The molecule has 1 saturated heterocycles. The molecule has 0 radical (unpaired) electrons. The van der Waals surface area contributed by atoms with E-state index in [1.165, 1.54) is 23.3 Å². The van der Waals surface area contributed by atoms with E-state index in [9.17, 15) is 9.59 Å². The number of carbonyl (C=O) groups excluding carboxylic acids is 1. The fourth-order valence-electron chi connectivity index (χ4n) is 4.59. The third kappa shape index (κ3) is 4.26. The smallest absolute Gasteiger partial charge is 0.263 e. The van der Waals surface area contributed by atoms with E-state index in [4.69, 9.17) is 4.98 Å². The van der Waals surface area contributed by atoms with Crippen LogP contribution < -0.4 is 5.56 Å². The summed E-state index contributed by atoms with van der Waals surface area (Å²) < 4.78 is 1.65. The number of carbonyl (C=O) groups is 1. The molecule has 1 aliphatic carbocycles. The van der Waals surface area contributed by atoms with Crippen LogP contribution in [0.15, 0.2) is 4.79 Å². The summed E-state index contributed by atoms with van der Waals surface area (Å²) in [6.45, 7) is 4.54. The van der Waals surface area contributed by atoms with E-state index in [0.29, 0.717) is 18.3 Å². The van der Waals surface area contributed by atoms with Crippen LogP contribution in [0.2, 0.25) is 0 Å². The molecule has 158 valence electrons.